The summed E-state index contributed by atoms with van der Waals surface area (Å²) in [6.45, 7) is 8.90. The highest BCUT2D eigenvalue weighted by molar-refractivity contribution is 5.60. The molecule has 1 aromatic carbocycles. The number of hydrogen-bond donors (Lipinski definition) is 0. The summed E-state index contributed by atoms with van der Waals surface area (Å²) in [6.07, 6.45) is 3.53. The highest BCUT2D eigenvalue weighted by atomic mass is 15.2. The molecule has 1 aliphatic rings. The molecule has 3 heteroatoms. The van der Waals surface area contributed by atoms with E-state index in [2.05, 4.69) is 54.1 Å². The van der Waals surface area contributed by atoms with Crippen LogP contribution in [-0.2, 0) is 6.42 Å². The van der Waals surface area contributed by atoms with Gasteiger partial charge < -0.3 is 0 Å². The van der Waals surface area contributed by atoms with Gasteiger partial charge in [0.25, 0.3) is 0 Å². The Hall–Kier alpha value is -1.74. The molecule has 0 spiro atoms. The number of likely N-dealkylation sites (tertiary alicyclic amines) is 1. The van der Waals surface area contributed by atoms with Gasteiger partial charge in [-0.15, -0.1) is 0 Å². The molecule has 1 saturated heterocycles. The van der Waals surface area contributed by atoms with Crippen molar-refractivity contribution in [1.29, 1.82) is 0 Å². The zero-order valence-electron chi connectivity index (χ0n) is 13.8. The molecule has 0 saturated carbocycles. The van der Waals surface area contributed by atoms with E-state index in [1.807, 2.05) is 6.92 Å². The largest absolute Gasteiger partial charge is 0.297 e. The molecule has 0 aliphatic carbocycles. The van der Waals surface area contributed by atoms with E-state index in [9.17, 15) is 0 Å². The maximum absolute atomic E-state index is 4.70. The lowest BCUT2D eigenvalue weighted by atomic mass is 10.0. The minimum absolute atomic E-state index is 0.482. The van der Waals surface area contributed by atoms with E-state index >= 15 is 0 Å². The van der Waals surface area contributed by atoms with Gasteiger partial charge in [0.05, 0.1) is 5.69 Å². The zero-order chi connectivity index (χ0) is 15.5. The molecule has 2 heterocycles. The fraction of sp³-hybridized carbons (Fsp3) is 0.474. The van der Waals surface area contributed by atoms with Gasteiger partial charge in [0.1, 0.15) is 5.82 Å². The third-order valence-corrected chi connectivity index (χ3v) is 4.57. The highest BCUT2D eigenvalue weighted by Gasteiger charge is 2.19. The molecule has 1 aliphatic heterocycles. The molecule has 0 N–H and O–H groups in total. The van der Waals surface area contributed by atoms with Gasteiger partial charge in [-0.25, -0.2) is 9.97 Å². The summed E-state index contributed by atoms with van der Waals surface area (Å²) in [5, 5.41) is 0. The van der Waals surface area contributed by atoms with Crippen molar-refractivity contribution in [2.45, 2.75) is 46.1 Å². The summed E-state index contributed by atoms with van der Waals surface area (Å²) in [4.78, 5) is 11.7. The fourth-order valence-electron chi connectivity index (χ4n) is 3.23. The lowest BCUT2D eigenvalue weighted by Gasteiger charge is -2.24. The van der Waals surface area contributed by atoms with E-state index in [4.69, 9.17) is 4.98 Å². The Kier molecular flexibility index (Phi) is 4.53. The lowest BCUT2D eigenvalue weighted by molar-refractivity contribution is 0.263. The van der Waals surface area contributed by atoms with Crippen LogP contribution in [0.15, 0.2) is 30.3 Å². The first-order valence-electron chi connectivity index (χ1n) is 8.36. The van der Waals surface area contributed by atoms with Gasteiger partial charge in [-0.05, 0) is 57.5 Å². The zero-order valence-corrected chi connectivity index (χ0v) is 13.8. The third-order valence-electron chi connectivity index (χ3n) is 4.57. The summed E-state index contributed by atoms with van der Waals surface area (Å²) in [7, 11) is 0. The Morgan fingerprint density at radius 1 is 1.14 bits per heavy atom. The molecule has 2 aromatic rings. The van der Waals surface area contributed by atoms with E-state index in [0.717, 1.165) is 23.6 Å². The van der Waals surface area contributed by atoms with Gasteiger partial charge in [-0.2, -0.15) is 0 Å². The van der Waals surface area contributed by atoms with E-state index in [-0.39, 0.29) is 0 Å². The highest BCUT2D eigenvalue weighted by Crippen LogP contribution is 2.28. The SMILES string of the molecule is CCc1nc(C)cc(-c2cccc(C(C)N3CCCC3)c2)n1. The molecule has 1 atom stereocenters. The quantitative estimate of drug-likeness (QED) is 0.847. The second kappa shape index (κ2) is 6.57. The molecular weight excluding hydrogens is 270 g/mol. The number of rotatable bonds is 4. The van der Waals surface area contributed by atoms with Crippen molar-refractivity contribution in [3.05, 3.63) is 47.4 Å². The van der Waals surface area contributed by atoms with Crippen molar-refractivity contribution < 1.29 is 0 Å². The molecule has 3 nitrogen and oxygen atoms in total. The maximum atomic E-state index is 4.70. The maximum Gasteiger partial charge on any atom is 0.128 e. The number of nitrogens with zero attached hydrogens (tertiary/aromatic N) is 3. The number of hydrogen-bond acceptors (Lipinski definition) is 3. The van der Waals surface area contributed by atoms with E-state index < -0.39 is 0 Å². The molecule has 22 heavy (non-hydrogen) atoms. The predicted molar refractivity (Wildman–Crippen MR) is 90.8 cm³/mol. The first-order chi connectivity index (χ1) is 10.7. The van der Waals surface area contributed by atoms with E-state index in [0.29, 0.717) is 6.04 Å². The Balaban J connectivity index is 1.92. The molecule has 1 unspecified atom stereocenters. The molecule has 0 bridgehead atoms. The third kappa shape index (κ3) is 3.20. The Labute approximate surface area is 133 Å². The normalized spacial score (nSPS) is 16.9. The molecule has 0 amide bonds. The van der Waals surface area contributed by atoms with Gasteiger partial charge in [0.15, 0.2) is 0 Å². The van der Waals surface area contributed by atoms with Crippen LogP contribution in [0.2, 0.25) is 0 Å². The smallest absolute Gasteiger partial charge is 0.128 e. The van der Waals surface area contributed by atoms with Crippen LogP contribution in [0.3, 0.4) is 0 Å². The van der Waals surface area contributed by atoms with Crippen LogP contribution in [0.4, 0.5) is 0 Å². The lowest BCUT2D eigenvalue weighted by Crippen LogP contribution is -2.23. The average molecular weight is 295 g/mol. The van der Waals surface area contributed by atoms with Crippen molar-refractivity contribution in [3.8, 4) is 11.3 Å². The van der Waals surface area contributed by atoms with Gasteiger partial charge in [0.2, 0.25) is 0 Å². The van der Waals surface area contributed by atoms with Crippen LogP contribution in [0.5, 0.6) is 0 Å². The Bertz CT molecular complexity index is 645. The van der Waals surface area contributed by atoms with Crippen molar-refractivity contribution in [2.75, 3.05) is 13.1 Å². The summed E-state index contributed by atoms with van der Waals surface area (Å²) >= 11 is 0. The monoisotopic (exact) mass is 295 g/mol. The number of aryl methyl sites for hydroxylation is 2. The minimum Gasteiger partial charge on any atom is -0.297 e. The van der Waals surface area contributed by atoms with Crippen LogP contribution in [0.25, 0.3) is 11.3 Å². The number of benzene rings is 1. The Morgan fingerprint density at radius 2 is 1.91 bits per heavy atom. The summed E-state index contributed by atoms with van der Waals surface area (Å²) in [5.41, 5.74) is 4.66. The van der Waals surface area contributed by atoms with Crippen molar-refractivity contribution in [1.82, 2.24) is 14.9 Å². The molecular formula is C19H25N3. The topological polar surface area (TPSA) is 29.0 Å². The van der Waals surface area contributed by atoms with Crippen molar-refractivity contribution in [2.24, 2.45) is 0 Å². The van der Waals surface area contributed by atoms with E-state index in [1.165, 1.54) is 37.1 Å². The van der Waals surface area contributed by atoms with E-state index in [1.54, 1.807) is 0 Å². The van der Waals surface area contributed by atoms with Crippen LogP contribution in [0, 0.1) is 6.92 Å². The van der Waals surface area contributed by atoms with Crippen LogP contribution in [-0.4, -0.2) is 28.0 Å². The predicted octanol–water partition coefficient (Wildman–Crippen LogP) is 4.17. The number of aromatic nitrogens is 2. The van der Waals surface area contributed by atoms with Gasteiger partial charge in [-0.3, -0.25) is 4.90 Å². The van der Waals surface area contributed by atoms with Crippen LogP contribution in [0.1, 0.15) is 49.8 Å². The van der Waals surface area contributed by atoms with Gasteiger partial charge in [-0.1, -0.05) is 25.1 Å². The molecule has 3 rings (SSSR count). The standard InChI is InChI=1S/C19H25N3/c1-4-19-20-14(2)12-18(21-19)17-9-7-8-16(13-17)15(3)22-10-5-6-11-22/h7-9,12-13,15H,4-6,10-11H2,1-3H3. The first-order valence-corrected chi connectivity index (χ1v) is 8.36. The van der Waals surface area contributed by atoms with Gasteiger partial charge >= 0.3 is 0 Å². The molecule has 0 radical (unpaired) electrons. The van der Waals surface area contributed by atoms with Crippen LogP contribution >= 0.6 is 0 Å². The van der Waals surface area contributed by atoms with Crippen LogP contribution < -0.4 is 0 Å². The molecule has 1 fully saturated rings. The average Bonchev–Trinajstić information content (AvgIpc) is 3.08. The Morgan fingerprint density at radius 3 is 2.64 bits per heavy atom. The molecule has 116 valence electrons. The summed E-state index contributed by atoms with van der Waals surface area (Å²) in [6, 6.07) is 11.4. The van der Waals surface area contributed by atoms with Crippen molar-refractivity contribution >= 4 is 0 Å². The fourth-order valence-corrected chi connectivity index (χ4v) is 3.23. The first kappa shape index (κ1) is 15.2. The summed E-state index contributed by atoms with van der Waals surface area (Å²) in [5.74, 6) is 0.924. The second-order valence-corrected chi connectivity index (χ2v) is 6.21. The molecule has 1 aromatic heterocycles. The van der Waals surface area contributed by atoms with Crippen molar-refractivity contribution in [3.63, 3.8) is 0 Å². The summed E-state index contributed by atoms with van der Waals surface area (Å²) < 4.78 is 0. The minimum atomic E-state index is 0.482. The second-order valence-electron chi connectivity index (χ2n) is 6.21. The van der Waals surface area contributed by atoms with Gasteiger partial charge in [0, 0.05) is 23.7 Å².